The third-order valence-corrected chi connectivity index (χ3v) is 5.47. The number of carbonyl (C=O) groups excluding carboxylic acids is 2. The summed E-state index contributed by atoms with van der Waals surface area (Å²) in [6.07, 6.45) is 0.844. The van der Waals surface area contributed by atoms with Crippen LogP contribution in [0.2, 0.25) is 0 Å². The summed E-state index contributed by atoms with van der Waals surface area (Å²) in [5, 5.41) is 0. The first-order chi connectivity index (χ1) is 14.5. The molecule has 1 fully saturated rings. The summed E-state index contributed by atoms with van der Waals surface area (Å²) < 4.78 is 22.6. The summed E-state index contributed by atoms with van der Waals surface area (Å²) in [6.45, 7) is 3.20. The molecule has 30 heavy (non-hydrogen) atoms. The molecule has 158 valence electrons. The van der Waals surface area contributed by atoms with Crippen LogP contribution in [0.3, 0.4) is 0 Å². The predicted molar refractivity (Wildman–Crippen MR) is 110 cm³/mol. The van der Waals surface area contributed by atoms with Crippen LogP contribution in [-0.4, -0.2) is 55.6 Å². The molecule has 0 bridgehead atoms. The minimum atomic E-state index is -0.683. The summed E-state index contributed by atoms with van der Waals surface area (Å²) in [5.74, 6) is 2.17. The van der Waals surface area contributed by atoms with Gasteiger partial charge in [0.1, 0.15) is 17.1 Å². The Balaban J connectivity index is 1.40. The first-order valence-corrected chi connectivity index (χ1v) is 10.1. The normalized spacial score (nSPS) is 19.9. The molecule has 7 heteroatoms. The molecule has 2 aliphatic heterocycles. The number of Topliss-reactive ketones (excluding diaryl/α,β-unsaturated/α-hetero) is 1. The lowest BCUT2D eigenvalue weighted by molar-refractivity contribution is -0.133. The largest absolute Gasteiger partial charge is 0.497 e. The summed E-state index contributed by atoms with van der Waals surface area (Å²) in [7, 11) is 1.56. The molecule has 2 aliphatic rings. The molecule has 0 N–H and O–H groups in total. The van der Waals surface area contributed by atoms with Gasteiger partial charge in [-0.1, -0.05) is 12.1 Å². The van der Waals surface area contributed by atoms with E-state index in [9.17, 15) is 9.59 Å². The van der Waals surface area contributed by atoms with Gasteiger partial charge in [-0.2, -0.15) is 0 Å². The summed E-state index contributed by atoms with van der Waals surface area (Å²) in [5.41, 5.74) is -0.155. The monoisotopic (exact) mass is 411 g/mol. The maximum absolute atomic E-state index is 12.7. The van der Waals surface area contributed by atoms with Crippen molar-refractivity contribution in [2.24, 2.45) is 0 Å². The number of hydrogen-bond donors (Lipinski definition) is 0. The first-order valence-electron chi connectivity index (χ1n) is 10.1. The molecule has 2 heterocycles. The van der Waals surface area contributed by atoms with Gasteiger partial charge < -0.3 is 23.8 Å². The van der Waals surface area contributed by atoms with E-state index in [1.54, 1.807) is 36.3 Å². The number of nitrogens with zero attached hydrogens (tertiary/aromatic N) is 1. The molecule has 1 atom stereocenters. The fourth-order valence-electron chi connectivity index (χ4n) is 3.96. The Bertz CT molecular complexity index is 958. The lowest BCUT2D eigenvalue weighted by Crippen LogP contribution is -2.45. The minimum absolute atomic E-state index is 0.00587. The number of ketones is 1. The topological polar surface area (TPSA) is 74.3 Å². The molecular formula is C23H25NO6. The SMILES string of the molecule is CCOc1ccccc1OCC(=O)N1CCC2(CC(=O)c3cc(OC)ccc3O2)C1. The summed E-state index contributed by atoms with van der Waals surface area (Å²) in [4.78, 5) is 27.2. The van der Waals surface area contributed by atoms with Crippen LogP contribution >= 0.6 is 0 Å². The van der Waals surface area contributed by atoms with Crippen molar-refractivity contribution in [3.05, 3.63) is 48.0 Å². The number of benzene rings is 2. The molecule has 2 aromatic rings. The second-order valence-corrected chi connectivity index (χ2v) is 7.48. The Labute approximate surface area is 175 Å². The lowest BCUT2D eigenvalue weighted by Gasteiger charge is -2.34. The van der Waals surface area contributed by atoms with Crippen LogP contribution in [-0.2, 0) is 4.79 Å². The average molecular weight is 411 g/mol. The van der Waals surface area contributed by atoms with Crippen LogP contribution < -0.4 is 18.9 Å². The van der Waals surface area contributed by atoms with Crippen LogP contribution in [0.4, 0.5) is 0 Å². The van der Waals surface area contributed by atoms with Gasteiger partial charge in [0.25, 0.3) is 5.91 Å². The fourth-order valence-corrected chi connectivity index (χ4v) is 3.96. The van der Waals surface area contributed by atoms with Gasteiger partial charge in [-0.15, -0.1) is 0 Å². The van der Waals surface area contributed by atoms with E-state index in [-0.39, 0.29) is 24.7 Å². The zero-order valence-corrected chi connectivity index (χ0v) is 17.2. The average Bonchev–Trinajstić information content (AvgIpc) is 3.16. The molecule has 2 aromatic carbocycles. The minimum Gasteiger partial charge on any atom is -0.497 e. The number of amides is 1. The number of methoxy groups -OCH3 is 1. The third kappa shape index (κ3) is 3.92. The highest BCUT2D eigenvalue weighted by molar-refractivity contribution is 6.01. The summed E-state index contributed by atoms with van der Waals surface area (Å²) in [6, 6.07) is 12.5. The maximum atomic E-state index is 12.7. The molecular weight excluding hydrogens is 386 g/mol. The standard InChI is InChI=1S/C23H25NO6/c1-3-28-20-6-4-5-7-21(20)29-14-22(26)24-11-10-23(15-24)13-18(25)17-12-16(27-2)8-9-19(17)30-23/h4-9,12H,3,10-11,13-15H2,1-2H3. The number of ether oxygens (including phenoxy) is 4. The Kier molecular flexibility index (Phi) is 5.53. The molecule has 0 aliphatic carbocycles. The number of likely N-dealkylation sites (tertiary alicyclic amines) is 1. The maximum Gasteiger partial charge on any atom is 0.260 e. The van der Waals surface area contributed by atoms with E-state index < -0.39 is 5.60 Å². The van der Waals surface area contributed by atoms with Crippen molar-refractivity contribution in [1.82, 2.24) is 4.90 Å². The second kappa shape index (κ2) is 8.26. The van der Waals surface area contributed by atoms with E-state index in [2.05, 4.69) is 0 Å². The van der Waals surface area contributed by atoms with Crippen molar-refractivity contribution in [2.45, 2.75) is 25.4 Å². The van der Waals surface area contributed by atoms with Gasteiger partial charge in [-0.25, -0.2) is 0 Å². The molecule has 1 unspecified atom stereocenters. The second-order valence-electron chi connectivity index (χ2n) is 7.48. The van der Waals surface area contributed by atoms with Crippen LogP contribution in [0.25, 0.3) is 0 Å². The van der Waals surface area contributed by atoms with Gasteiger partial charge in [0.15, 0.2) is 23.9 Å². The van der Waals surface area contributed by atoms with Crippen molar-refractivity contribution >= 4 is 11.7 Å². The quantitative estimate of drug-likeness (QED) is 0.727. The van der Waals surface area contributed by atoms with E-state index in [4.69, 9.17) is 18.9 Å². The molecule has 0 radical (unpaired) electrons. The number of carbonyl (C=O) groups is 2. The molecule has 0 saturated carbocycles. The third-order valence-electron chi connectivity index (χ3n) is 5.47. The molecule has 1 saturated heterocycles. The van der Waals surface area contributed by atoms with Gasteiger partial charge in [0.2, 0.25) is 0 Å². The van der Waals surface area contributed by atoms with E-state index in [1.807, 2.05) is 25.1 Å². The molecule has 4 rings (SSSR count). The number of rotatable bonds is 6. The Morgan fingerprint density at radius 3 is 2.67 bits per heavy atom. The van der Waals surface area contributed by atoms with Crippen molar-refractivity contribution in [1.29, 1.82) is 0 Å². The Morgan fingerprint density at radius 2 is 1.93 bits per heavy atom. The van der Waals surface area contributed by atoms with Crippen molar-refractivity contribution in [3.63, 3.8) is 0 Å². The predicted octanol–water partition coefficient (Wildman–Crippen LogP) is 3.11. The van der Waals surface area contributed by atoms with Crippen molar-refractivity contribution < 1.29 is 28.5 Å². The highest BCUT2D eigenvalue weighted by atomic mass is 16.5. The number of fused-ring (bicyclic) bond motifs is 1. The highest BCUT2D eigenvalue weighted by Gasteiger charge is 2.47. The first kappa shape index (κ1) is 20.1. The summed E-state index contributed by atoms with van der Waals surface area (Å²) >= 11 is 0. The Hall–Kier alpha value is -3.22. The zero-order valence-electron chi connectivity index (χ0n) is 17.2. The van der Waals surface area contributed by atoms with E-state index in [0.29, 0.717) is 54.7 Å². The number of para-hydroxylation sites is 2. The van der Waals surface area contributed by atoms with Crippen LogP contribution in [0.1, 0.15) is 30.1 Å². The zero-order chi connectivity index (χ0) is 21.1. The van der Waals surface area contributed by atoms with Crippen LogP contribution in [0, 0.1) is 0 Å². The van der Waals surface area contributed by atoms with E-state index in [0.717, 1.165) is 0 Å². The molecule has 7 nitrogen and oxygen atoms in total. The van der Waals surface area contributed by atoms with Gasteiger partial charge in [0.05, 0.1) is 32.2 Å². The number of hydrogen-bond acceptors (Lipinski definition) is 6. The fraction of sp³-hybridized carbons (Fsp3) is 0.391. The van der Waals surface area contributed by atoms with Crippen molar-refractivity contribution in [2.75, 3.05) is 33.4 Å². The molecule has 1 spiro atoms. The molecule has 1 amide bonds. The van der Waals surface area contributed by atoms with Crippen LogP contribution in [0.15, 0.2) is 42.5 Å². The van der Waals surface area contributed by atoms with Gasteiger partial charge in [-0.05, 0) is 37.3 Å². The van der Waals surface area contributed by atoms with Gasteiger partial charge in [0, 0.05) is 13.0 Å². The molecule has 0 aromatic heterocycles. The Morgan fingerprint density at radius 1 is 1.17 bits per heavy atom. The smallest absolute Gasteiger partial charge is 0.260 e. The lowest BCUT2D eigenvalue weighted by atomic mass is 9.89. The van der Waals surface area contributed by atoms with Gasteiger partial charge in [-0.3, -0.25) is 9.59 Å². The van der Waals surface area contributed by atoms with E-state index in [1.165, 1.54) is 0 Å². The van der Waals surface area contributed by atoms with E-state index >= 15 is 0 Å². The van der Waals surface area contributed by atoms with Crippen LogP contribution in [0.5, 0.6) is 23.0 Å². The van der Waals surface area contributed by atoms with Gasteiger partial charge >= 0.3 is 0 Å². The van der Waals surface area contributed by atoms with Crippen molar-refractivity contribution in [3.8, 4) is 23.0 Å². The highest BCUT2D eigenvalue weighted by Crippen LogP contribution is 2.40.